The lowest BCUT2D eigenvalue weighted by atomic mass is 10.2. The smallest absolute Gasteiger partial charge is 0.399 e. The second-order valence-electron chi connectivity index (χ2n) is 6.50. The summed E-state index contributed by atoms with van der Waals surface area (Å²) in [5, 5.41) is 0.129. The Bertz CT molecular complexity index is 236. The fraction of sp³-hybridized carbons (Fsp3) is 0.909. The molecule has 0 fully saturated rings. The maximum Gasteiger partial charge on any atom is 0.399 e. The third-order valence-corrected chi connectivity index (χ3v) is 7.27. The molecule has 0 aliphatic heterocycles. The van der Waals surface area contributed by atoms with Crippen LogP contribution in [0.5, 0.6) is 0 Å². The lowest BCUT2D eigenvalue weighted by molar-refractivity contribution is 0.0562. The van der Waals surface area contributed by atoms with E-state index in [1.54, 1.807) is 0 Å². The summed E-state index contributed by atoms with van der Waals surface area (Å²) in [6.07, 6.45) is -0.297. The predicted octanol–water partition coefficient (Wildman–Crippen LogP) is 3.52. The number of ether oxygens (including phenoxy) is 1. The molecule has 4 heteroatoms. The van der Waals surface area contributed by atoms with E-state index in [9.17, 15) is 4.79 Å². The van der Waals surface area contributed by atoms with Crippen LogP contribution in [0.3, 0.4) is 0 Å². The maximum atomic E-state index is 11.6. The summed E-state index contributed by atoms with van der Waals surface area (Å²) in [4.78, 5) is 14.7. The number of hydrogen-bond acceptors (Lipinski definition) is 2. The van der Waals surface area contributed by atoms with Crippen LogP contribution in [0.4, 0.5) is 4.79 Å². The van der Waals surface area contributed by atoms with Crippen LogP contribution in [0.2, 0.25) is 18.1 Å². The number of rotatable bonds is 1. The molecule has 0 aromatic heterocycles. The molecule has 0 aromatic rings. The highest BCUT2D eigenvalue weighted by molar-refractivity contribution is 6.79. The maximum absolute atomic E-state index is 11.6. The van der Waals surface area contributed by atoms with Crippen LogP contribution in [0, 0.1) is 0 Å². The van der Waals surface area contributed by atoms with Crippen molar-refractivity contribution in [2.45, 2.75) is 65.3 Å². The second kappa shape index (κ2) is 4.16. The van der Waals surface area contributed by atoms with Gasteiger partial charge in [-0.25, -0.2) is 4.79 Å². The van der Waals surface area contributed by atoms with Gasteiger partial charge in [0, 0.05) is 0 Å². The van der Waals surface area contributed by atoms with Crippen molar-refractivity contribution in [3.63, 3.8) is 0 Å². The highest BCUT2D eigenvalue weighted by Gasteiger charge is 2.38. The highest BCUT2D eigenvalue weighted by Crippen LogP contribution is 2.33. The summed E-state index contributed by atoms with van der Waals surface area (Å²) in [7, 11) is -1.79. The molecule has 0 spiro atoms. The minimum atomic E-state index is -1.79. The van der Waals surface area contributed by atoms with Gasteiger partial charge in [-0.2, -0.15) is 0 Å². The lowest BCUT2D eigenvalue weighted by Crippen LogP contribution is -2.55. The molecule has 0 aliphatic rings. The van der Waals surface area contributed by atoms with Crippen molar-refractivity contribution in [1.29, 1.82) is 0 Å². The third-order valence-electron chi connectivity index (χ3n) is 2.69. The zero-order valence-corrected chi connectivity index (χ0v) is 12.3. The van der Waals surface area contributed by atoms with Crippen molar-refractivity contribution in [1.82, 2.24) is 4.98 Å². The SMILES string of the molecule is CC(C)(C)OC(=O)N[Si](C)(C)C(C)(C)C. The van der Waals surface area contributed by atoms with Crippen LogP contribution in [0.1, 0.15) is 41.5 Å². The quantitative estimate of drug-likeness (QED) is 0.701. The molecular weight excluding hydrogens is 206 g/mol. The van der Waals surface area contributed by atoms with E-state index in [1.807, 2.05) is 20.8 Å². The Kier molecular flexibility index (Phi) is 4.02. The third kappa shape index (κ3) is 5.21. The summed E-state index contributed by atoms with van der Waals surface area (Å²) in [6, 6.07) is 0. The number of nitrogens with one attached hydrogen (secondary N) is 1. The largest absolute Gasteiger partial charge is 0.444 e. The molecule has 3 nitrogen and oxygen atoms in total. The first-order chi connectivity index (χ1) is 6.35. The second-order valence-corrected chi connectivity index (χ2v) is 11.5. The number of amides is 1. The van der Waals surface area contributed by atoms with Gasteiger partial charge in [-0.05, 0) is 25.8 Å². The van der Waals surface area contributed by atoms with Crippen LogP contribution in [0.15, 0.2) is 0 Å². The Morgan fingerprint density at radius 1 is 1.07 bits per heavy atom. The van der Waals surface area contributed by atoms with Gasteiger partial charge < -0.3 is 9.72 Å². The average Bonchev–Trinajstić information content (AvgIpc) is 1.75. The molecule has 0 atom stereocenters. The summed E-state index contributed by atoms with van der Waals surface area (Å²) >= 11 is 0. The molecule has 1 N–H and O–H groups in total. The standard InChI is InChI=1S/C11H25NO2Si/c1-10(2,3)14-9(13)12-15(7,8)11(4,5)6/h1-8H3,(H,12,13). The molecule has 15 heavy (non-hydrogen) atoms. The average molecular weight is 231 g/mol. The van der Waals surface area contributed by atoms with Gasteiger partial charge in [0.25, 0.3) is 0 Å². The fourth-order valence-electron chi connectivity index (χ4n) is 0.746. The summed E-state index contributed by atoms with van der Waals surface area (Å²) < 4.78 is 5.25. The van der Waals surface area contributed by atoms with E-state index in [-0.39, 0.29) is 11.1 Å². The van der Waals surface area contributed by atoms with Crippen LogP contribution in [0.25, 0.3) is 0 Å². The number of carbonyl (C=O) groups excluding carboxylic acids is 1. The van der Waals surface area contributed by atoms with Crippen molar-refractivity contribution in [2.75, 3.05) is 0 Å². The fourth-order valence-corrected chi connectivity index (χ4v) is 1.68. The normalized spacial score (nSPS) is 13.6. The van der Waals surface area contributed by atoms with Gasteiger partial charge in [0.15, 0.2) is 8.24 Å². The van der Waals surface area contributed by atoms with Crippen molar-refractivity contribution >= 4 is 14.3 Å². The van der Waals surface area contributed by atoms with Gasteiger partial charge in [0.05, 0.1) is 0 Å². The summed E-state index contributed by atoms with van der Waals surface area (Å²) in [5.74, 6) is 0. The molecule has 0 aliphatic carbocycles. The van der Waals surface area contributed by atoms with Crippen molar-refractivity contribution in [3.05, 3.63) is 0 Å². The predicted molar refractivity (Wildman–Crippen MR) is 66.6 cm³/mol. The molecular formula is C11H25NO2Si. The Balaban J connectivity index is 4.43. The Hall–Kier alpha value is -0.513. The Morgan fingerprint density at radius 3 is 1.73 bits per heavy atom. The molecule has 0 saturated carbocycles. The molecule has 0 rings (SSSR count). The molecule has 0 radical (unpaired) electrons. The first-order valence-electron chi connectivity index (χ1n) is 5.36. The monoisotopic (exact) mass is 231 g/mol. The molecule has 0 aromatic carbocycles. The first-order valence-corrected chi connectivity index (χ1v) is 8.36. The zero-order chi connectivity index (χ0) is 12.5. The van der Waals surface area contributed by atoms with Gasteiger partial charge in [-0.15, -0.1) is 0 Å². The molecule has 1 amide bonds. The van der Waals surface area contributed by atoms with Crippen LogP contribution in [-0.2, 0) is 4.74 Å². The minimum absolute atomic E-state index is 0.129. The molecule has 0 heterocycles. The molecule has 0 bridgehead atoms. The van der Waals surface area contributed by atoms with Crippen molar-refractivity contribution < 1.29 is 9.53 Å². The minimum Gasteiger partial charge on any atom is -0.444 e. The van der Waals surface area contributed by atoms with E-state index in [0.717, 1.165) is 0 Å². The lowest BCUT2D eigenvalue weighted by Gasteiger charge is -2.37. The van der Waals surface area contributed by atoms with E-state index in [0.29, 0.717) is 0 Å². The van der Waals surface area contributed by atoms with Gasteiger partial charge in [0.2, 0.25) is 0 Å². The van der Waals surface area contributed by atoms with Crippen LogP contribution < -0.4 is 4.98 Å². The van der Waals surface area contributed by atoms with E-state index in [2.05, 4.69) is 38.8 Å². The van der Waals surface area contributed by atoms with Gasteiger partial charge in [-0.3, -0.25) is 0 Å². The molecule has 0 saturated heterocycles. The Morgan fingerprint density at radius 2 is 1.47 bits per heavy atom. The van der Waals surface area contributed by atoms with E-state index < -0.39 is 13.8 Å². The summed E-state index contributed by atoms with van der Waals surface area (Å²) in [6.45, 7) is 16.3. The van der Waals surface area contributed by atoms with Gasteiger partial charge in [0.1, 0.15) is 5.60 Å². The van der Waals surface area contributed by atoms with Gasteiger partial charge in [-0.1, -0.05) is 33.9 Å². The van der Waals surface area contributed by atoms with Crippen molar-refractivity contribution in [3.8, 4) is 0 Å². The zero-order valence-electron chi connectivity index (χ0n) is 11.3. The Labute approximate surface area is 94.7 Å². The van der Waals surface area contributed by atoms with E-state index in [1.165, 1.54) is 0 Å². The first kappa shape index (κ1) is 14.5. The van der Waals surface area contributed by atoms with E-state index in [4.69, 9.17) is 4.74 Å². The van der Waals surface area contributed by atoms with Crippen LogP contribution in [-0.4, -0.2) is 19.9 Å². The van der Waals surface area contributed by atoms with Crippen molar-refractivity contribution in [2.24, 2.45) is 0 Å². The van der Waals surface area contributed by atoms with E-state index >= 15 is 0 Å². The molecule has 90 valence electrons. The topological polar surface area (TPSA) is 38.3 Å². The molecule has 0 unspecified atom stereocenters. The number of carbonyl (C=O) groups is 1. The van der Waals surface area contributed by atoms with Gasteiger partial charge >= 0.3 is 6.09 Å². The highest BCUT2D eigenvalue weighted by atomic mass is 28.3. The summed E-state index contributed by atoms with van der Waals surface area (Å²) in [5.41, 5.74) is -0.424. The number of hydrogen-bond donors (Lipinski definition) is 1. The van der Waals surface area contributed by atoms with Crippen LogP contribution >= 0.6 is 0 Å².